The molecule has 0 aromatic heterocycles. The standard InChI is InChI=1S/C20H20ClN3O4/c1-3-28-20(27)19(22-17(25)12-21)24-23-16-10-9-13(2)11-15(16)18(26)14-7-5-4-6-8-14/h4-11,19H,3,12H2,1-2H3,(H,22,25). The van der Waals surface area contributed by atoms with Crippen molar-refractivity contribution >= 4 is 34.9 Å². The average molecular weight is 402 g/mol. The molecular weight excluding hydrogens is 382 g/mol. The molecule has 0 aliphatic heterocycles. The average Bonchev–Trinajstić information content (AvgIpc) is 2.71. The largest absolute Gasteiger partial charge is 0.463 e. The summed E-state index contributed by atoms with van der Waals surface area (Å²) < 4.78 is 4.89. The summed E-state index contributed by atoms with van der Waals surface area (Å²) in [6, 6.07) is 13.8. The molecule has 1 N–H and O–H groups in total. The molecule has 2 aromatic carbocycles. The van der Waals surface area contributed by atoms with Crippen molar-refractivity contribution in [3.05, 3.63) is 65.2 Å². The van der Waals surface area contributed by atoms with Gasteiger partial charge in [-0.05, 0) is 26.0 Å². The predicted molar refractivity (Wildman–Crippen MR) is 105 cm³/mol. The van der Waals surface area contributed by atoms with Crippen LogP contribution in [-0.4, -0.2) is 36.3 Å². The normalized spacial score (nSPS) is 11.8. The molecule has 1 amide bonds. The Hall–Kier alpha value is -3.06. The molecule has 0 heterocycles. The quantitative estimate of drug-likeness (QED) is 0.316. The van der Waals surface area contributed by atoms with Gasteiger partial charge in [0.1, 0.15) is 5.88 Å². The van der Waals surface area contributed by atoms with Gasteiger partial charge < -0.3 is 10.1 Å². The highest BCUT2D eigenvalue weighted by molar-refractivity contribution is 6.27. The summed E-state index contributed by atoms with van der Waals surface area (Å²) in [7, 11) is 0. The first-order chi connectivity index (χ1) is 13.5. The number of carbonyl (C=O) groups excluding carboxylic acids is 3. The summed E-state index contributed by atoms with van der Waals surface area (Å²) in [6.07, 6.45) is -1.35. The Labute approximate surface area is 167 Å². The Balaban J connectivity index is 2.36. The number of hydrogen-bond acceptors (Lipinski definition) is 6. The Morgan fingerprint density at radius 3 is 2.50 bits per heavy atom. The second kappa shape index (κ2) is 10.3. The van der Waals surface area contributed by atoms with E-state index in [1.165, 1.54) is 0 Å². The molecule has 0 bridgehead atoms. The van der Waals surface area contributed by atoms with Gasteiger partial charge in [0.25, 0.3) is 0 Å². The summed E-state index contributed by atoms with van der Waals surface area (Å²) in [4.78, 5) is 36.4. The molecule has 0 fully saturated rings. The third-order valence-corrected chi connectivity index (χ3v) is 3.89. The third kappa shape index (κ3) is 5.72. The number of halogens is 1. The highest BCUT2D eigenvalue weighted by atomic mass is 35.5. The second-order valence-electron chi connectivity index (χ2n) is 5.79. The second-order valence-corrected chi connectivity index (χ2v) is 6.05. The monoisotopic (exact) mass is 401 g/mol. The highest BCUT2D eigenvalue weighted by Crippen LogP contribution is 2.24. The molecule has 1 unspecified atom stereocenters. The van der Waals surface area contributed by atoms with Gasteiger partial charge >= 0.3 is 5.97 Å². The van der Waals surface area contributed by atoms with E-state index in [0.29, 0.717) is 11.1 Å². The number of rotatable bonds is 8. The van der Waals surface area contributed by atoms with E-state index >= 15 is 0 Å². The molecule has 8 heteroatoms. The zero-order valence-corrected chi connectivity index (χ0v) is 16.3. The highest BCUT2D eigenvalue weighted by Gasteiger charge is 2.22. The lowest BCUT2D eigenvalue weighted by Gasteiger charge is -2.12. The van der Waals surface area contributed by atoms with E-state index in [-0.39, 0.29) is 24.0 Å². The van der Waals surface area contributed by atoms with Crippen molar-refractivity contribution in [2.75, 3.05) is 12.5 Å². The third-order valence-electron chi connectivity index (χ3n) is 3.64. The van der Waals surface area contributed by atoms with Crippen LogP contribution in [0.2, 0.25) is 0 Å². The van der Waals surface area contributed by atoms with Gasteiger partial charge in [0, 0.05) is 5.56 Å². The molecule has 7 nitrogen and oxygen atoms in total. The number of hydrogen-bond donors (Lipinski definition) is 1. The van der Waals surface area contributed by atoms with Crippen LogP contribution in [0.4, 0.5) is 5.69 Å². The molecule has 0 spiro atoms. The maximum atomic E-state index is 12.8. The number of carbonyl (C=O) groups is 3. The van der Waals surface area contributed by atoms with Crippen LogP contribution in [0.5, 0.6) is 0 Å². The van der Waals surface area contributed by atoms with Gasteiger partial charge in [-0.2, -0.15) is 10.2 Å². The van der Waals surface area contributed by atoms with E-state index in [2.05, 4.69) is 15.5 Å². The van der Waals surface area contributed by atoms with Crippen LogP contribution in [0.1, 0.15) is 28.4 Å². The summed E-state index contributed by atoms with van der Waals surface area (Å²) >= 11 is 5.47. The molecule has 0 saturated carbocycles. The molecule has 0 aliphatic carbocycles. The van der Waals surface area contributed by atoms with Crippen LogP contribution >= 0.6 is 11.6 Å². The number of nitrogens with zero attached hydrogens (tertiary/aromatic N) is 2. The molecule has 146 valence electrons. The van der Waals surface area contributed by atoms with Gasteiger partial charge in [-0.25, -0.2) is 4.79 Å². The topological polar surface area (TPSA) is 97.2 Å². The van der Waals surface area contributed by atoms with Crippen molar-refractivity contribution in [1.29, 1.82) is 0 Å². The van der Waals surface area contributed by atoms with Gasteiger partial charge in [0.15, 0.2) is 5.78 Å². The van der Waals surface area contributed by atoms with Crippen LogP contribution in [0.25, 0.3) is 0 Å². The van der Waals surface area contributed by atoms with Crippen molar-refractivity contribution < 1.29 is 19.1 Å². The first-order valence-corrected chi connectivity index (χ1v) is 9.13. The summed E-state index contributed by atoms with van der Waals surface area (Å²) in [6.45, 7) is 3.60. The zero-order chi connectivity index (χ0) is 20.5. The van der Waals surface area contributed by atoms with Gasteiger partial charge in [-0.15, -0.1) is 11.6 Å². The summed E-state index contributed by atoms with van der Waals surface area (Å²) in [5, 5.41) is 10.2. The van der Waals surface area contributed by atoms with Crippen LogP contribution in [0.15, 0.2) is 58.8 Å². The number of esters is 1. The lowest BCUT2D eigenvalue weighted by molar-refractivity contribution is -0.147. The molecule has 1 atom stereocenters. The Bertz CT molecular complexity index is 884. The fourth-order valence-electron chi connectivity index (χ4n) is 2.33. The molecule has 0 radical (unpaired) electrons. The summed E-state index contributed by atoms with van der Waals surface area (Å²) in [5.41, 5.74) is 1.98. The Morgan fingerprint density at radius 2 is 1.86 bits per heavy atom. The van der Waals surface area contributed by atoms with E-state index in [0.717, 1.165) is 5.56 Å². The van der Waals surface area contributed by atoms with Crippen molar-refractivity contribution in [2.24, 2.45) is 10.2 Å². The van der Waals surface area contributed by atoms with Crippen LogP contribution in [0.3, 0.4) is 0 Å². The molecule has 0 aliphatic rings. The first kappa shape index (κ1) is 21.2. The predicted octanol–water partition coefficient (Wildman–Crippen LogP) is 3.55. The molecule has 28 heavy (non-hydrogen) atoms. The number of benzene rings is 2. The van der Waals surface area contributed by atoms with Crippen molar-refractivity contribution in [1.82, 2.24) is 5.32 Å². The maximum Gasteiger partial charge on any atom is 0.353 e. The number of aryl methyl sites for hydroxylation is 1. The van der Waals surface area contributed by atoms with E-state index < -0.39 is 18.0 Å². The van der Waals surface area contributed by atoms with Gasteiger partial charge in [0.2, 0.25) is 12.1 Å². The Kier molecular flexibility index (Phi) is 7.83. The maximum absolute atomic E-state index is 12.8. The van der Waals surface area contributed by atoms with E-state index in [4.69, 9.17) is 16.3 Å². The van der Waals surface area contributed by atoms with Gasteiger partial charge in [-0.3, -0.25) is 9.59 Å². The first-order valence-electron chi connectivity index (χ1n) is 8.59. The van der Waals surface area contributed by atoms with E-state index in [1.54, 1.807) is 49.4 Å². The molecular formula is C20H20ClN3O4. The smallest absolute Gasteiger partial charge is 0.353 e. The lowest BCUT2D eigenvalue weighted by atomic mass is 10.00. The van der Waals surface area contributed by atoms with Crippen molar-refractivity contribution in [2.45, 2.75) is 20.0 Å². The van der Waals surface area contributed by atoms with Crippen LogP contribution < -0.4 is 5.32 Å². The number of azo groups is 1. The lowest BCUT2D eigenvalue weighted by Crippen LogP contribution is -2.40. The van der Waals surface area contributed by atoms with Crippen molar-refractivity contribution in [3.63, 3.8) is 0 Å². The number of alkyl halides is 1. The van der Waals surface area contributed by atoms with Crippen LogP contribution in [-0.2, 0) is 14.3 Å². The van der Waals surface area contributed by atoms with E-state index in [9.17, 15) is 14.4 Å². The number of nitrogens with one attached hydrogen (secondary N) is 1. The number of ketones is 1. The minimum atomic E-state index is -1.35. The molecule has 0 saturated heterocycles. The SMILES string of the molecule is CCOC(=O)C(N=Nc1ccc(C)cc1C(=O)c1ccccc1)NC(=O)CCl. The van der Waals surface area contributed by atoms with Gasteiger partial charge in [-0.1, -0.05) is 42.0 Å². The van der Waals surface area contributed by atoms with Crippen molar-refractivity contribution in [3.8, 4) is 0 Å². The van der Waals surface area contributed by atoms with Crippen LogP contribution in [0, 0.1) is 6.92 Å². The summed E-state index contributed by atoms with van der Waals surface area (Å²) in [5.74, 6) is -1.93. The number of amides is 1. The fraction of sp³-hybridized carbons (Fsp3) is 0.250. The minimum Gasteiger partial charge on any atom is -0.463 e. The molecule has 2 rings (SSSR count). The van der Waals surface area contributed by atoms with E-state index in [1.807, 2.05) is 13.0 Å². The Morgan fingerprint density at radius 1 is 1.14 bits per heavy atom. The zero-order valence-electron chi connectivity index (χ0n) is 15.5. The number of ether oxygens (including phenoxy) is 1. The van der Waals surface area contributed by atoms with Gasteiger partial charge in [0.05, 0.1) is 17.9 Å². The minimum absolute atomic E-state index is 0.115. The fourth-order valence-corrected chi connectivity index (χ4v) is 2.41. The molecule has 2 aromatic rings.